The molecule has 0 bridgehead atoms. The molecule has 0 aliphatic carbocycles. The second kappa shape index (κ2) is 7.77. The van der Waals surface area contributed by atoms with Crippen LogP contribution in [0.15, 0.2) is 24.3 Å². The summed E-state index contributed by atoms with van der Waals surface area (Å²) in [7, 11) is 0. The van der Waals surface area contributed by atoms with E-state index in [4.69, 9.17) is 4.74 Å². The van der Waals surface area contributed by atoms with Gasteiger partial charge in [-0.1, -0.05) is 12.1 Å². The van der Waals surface area contributed by atoms with Crippen molar-refractivity contribution in [2.75, 3.05) is 51.3 Å². The minimum atomic E-state index is -0.0832. The zero-order valence-corrected chi connectivity index (χ0v) is 14.2. The number of hydrogen-bond donors (Lipinski definition) is 1. The molecule has 3 rings (SSSR count). The lowest BCUT2D eigenvalue weighted by molar-refractivity contribution is 0.0314. The molecule has 2 heterocycles. The maximum atomic E-state index is 12.4. The number of benzene rings is 1. The van der Waals surface area contributed by atoms with E-state index in [1.807, 2.05) is 11.0 Å². The molecule has 2 aliphatic heterocycles. The summed E-state index contributed by atoms with van der Waals surface area (Å²) in [6.07, 6.45) is 1.04. The van der Waals surface area contributed by atoms with Gasteiger partial charge in [0, 0.05) is 44.0 Å². The number of ketones is 1. The van der Waals surface area contributed by atoms with Crippen LogP contribution in [0.3, 0.4) is 0 Å². The number of carbonyl (C=O) groups excluding carboxylic acids is 2. The Morgan fingerprint density at radius 3 is 2.79 bits per heavy atom. The number of Topliss-reactive ketones (excluding diaryl/α,β-unsaturated/α-hetero) is 1. The van der Waals surface area contributed by atoms with Crippen LogP contribution in [-0.4, -0.2) is 67.6 Å². The summed E-state index contributed by atoms with van der Waals surface area (Å²) < 4.78 is 5.38. The number of likely N-dealkylation sites (tertiary alicyclic amines) is 1. The van der Waals surface area contributed by atoms with Gasteiger partial charge >= 0.3 is 6.03 Å². The third-order valence-corrected chi connectivity index (χ3v) is 4.71. The van der Waals surface area contributed by atoms with Gasteiger partial charge in [0.15, 0.2) is 5.78 Å². The van der Waals surface area contributed by atoms with Crippen molar-refractivity contribution in [3.8, 4) is 0 Å². The van der Waals surface area contributed by atoms with Crippen LogP contribution < -0.4 is 5.32 Å². The third kappa shape index (κ3) is 4.33. The fourth-order valence-electron chi connectivity index (χ4n) is 3.33. The summed E-state index contributed by atoms with van der Waals surface area (Å²) in [6.45, 7) is 7.72. The zero-order valence-electron chi connectivity index (χ0n) is 14.2. The number of morpholine rings is 1. The summed E-state index contributed by atoms with van der Waals surface area (Å²) in [5, 5.41) is 2.90. The Labute approximate surface area is 142 Å². The van der Waals surface area contributed by atoms with E-state index in [2.05, 4.69) is 10.2 Å². The Kier molecular flexibility index (Phi) is 5.48. The van der Waals surface area contributed by atoms with Crippen molar-refractivity contribution in [2.45, 2.75) is 13.3 Å². The monoisotopic (exact) mass is 331 g/mol. The first-order valence-electron chi connectivity index (χ1n) is 8.59. The van der Waals surface area contributed by atoms with Gasteiger partial charge in [-0.2, -0.15) is 0 Å². The van der Waals surface area contributed by atoms with Crippen LogP contribution in [0, 0.1) is 5.92 Å². The molecule has 2 aliphatic rings. The maximum absolute atomic E-state index is 12.4. The highest BCUT2D eigenvalue weighted by molar-refractivity contribution is 5.96. The van der Waals surface area contributed by atoms with Gasteiger partial charge in [0.05, 0.1) is 13.2 Å². The van der Waals surface area contributed by atoms with Crippen molar-refractivity contribution in [3.63, 3.8) is 0 Å². The van der Waals surface area contributed by atoms with Crippen molar-refractivity contribution >= 4 is 17.5 Å². The van der Waals surface area contributed by atoms with E-state index in [0.29, 0.717) is 17.2 Å². The smallest absolute Gasteiger partial charge is 0.321 e. The molecule has 24 heavy (non-hydrogen) atoms. The zero-order chi connectivity index (χ0) is 16.9. The first kappa shape index (κ1) is 16.9. The summed E-state index contributed by atoms with van der Waals surface area (Å²) in [4.78, 5) is 28.2. The predicted octanol–water partition coefficient (Wildman–Crippen LogP) is 2.08. The Morgan fingerprint density at radius 2 is 2.04 bits per heavy atom. The van der Waals surface area contributed by atoms with E-state index in [1.165, 1.54) is 6.92 Å². The van der Waals surface area contributed by atoms with Gasteiger partial charge in [-0.3, -0.25) is 9.69 Å². The van der Waals surface area contributed by atoms with Crippen molar-refractivity contribution in [1.29, 1.82) is 0 Å². The van der Waals surface area contributed by atoms with E-state index < -0.39 is 0 Å². The molecule has 6 nitrogen and oxygen atoms in total. The van der Waals surface area contributed by atoms with Crippen LogP contribution in [0.5, 0.6) is 0 Å². The molecule has 2 fully saturated rings. The lowest BCUT2D eigenvalue weighted by Gasteiger charge is -2.29. The fourth-order valence-corrected chi connectivity index (χ4v) is 3.33. The predicted molar refractivity (Wildman–Crippen MR) is 92.4 cm³/mol. The summed E-state index contributed by atoms with van der Waals surface area (Å²) in [6, 6.07) is 7.00. The minimum Gasteiger partial charge on any atom is -0.379 e. The molecular formula is C18H25N3O3. The van der Waals surface area contributed by atoms with Crippen LogP contribution in [0.1, 0.15) is 23.7 Å². The van der Waals surface area contributed by atoms with Crippen molar-refractivity contribution in [3.05, 3.63) is 29.8 Å². The standard InChI is InChI=1S/C18H25N3O3/c1-14(22)16-3-2-4-17(11-16)19-18(23)21-6-5-15(13-21)12-20-7-9-24-10-8-20/h2-4,11,15H,5-10,12-13H2,1H3,(H,19,23). The molecule has 0 saturated carbocycles. The average Bonchev–Trinajstić information content (AvgIpc) is 3.04. The van der Waals surface area contributed by atoms with Gasteiger partial charge in [-0.05, 0) is 31.4 Å². The number of ether oxygens (including phenoxy) is 1. The van der Waals surface area contributed by atoms with Gasteiger partial charge < -0.3 is 15.0 Å². The number of nitrogens with zero attached hydrogens (tertiary/aromatic N) is 2. The lowest BCUT2D eigenvalue weighted by Crippen LogP contribution is -2.40. The maximum Gasteiger partial charge on any atom is 0.321 e. The van der Waals surface area contributed by atoms with Crippen molar-refractivity contribution in [1.82, 2.24) is 9.80 Å². The number of carbonyl (C=O) groups is 2. The molecule has 2 amide bonds. The van der Waals surface area contributed by atoms with Gasteiger partial charge in [0.2, 0.25) is 0 Å². The third-order valence-electron chi connectivity index (χ3n) is 4.71. The van der Waals surface area contributed by atoms with E-state index >= 15 is 0 Å². The Bertz CT molecular complexity index is 599. The molecule has 6 heteroatoms. The van der Waals surface area contributed by atoms with Gasteiger partial charge in [0.25, 0.3) is 0 Å². The number of nitrogens with one attached hydrogen (secondary N) is 1. The molecule has 0 radical (unpaired) electrons. The van der Waals surface area contributed by atoms with E-state index in [-0.39, 0.29) is 11.8 Å². The number of anilines is 1. The van der Waals surface area contributed by atoms with E-state index in [1.54, 1.807) is 18.2 Å². The second-order valence-corrected chi connectivity index (χ2v) is 6.58. The molecule has 2 saturated heterocycles. The Balaban J connectivity index is 1.51. The fraction of sp³-hybridized carbons (Fsp3) is 0.556. The van der Waals surface area contributed by atoms with E-state index in [0.717, 1.165) is 52.4 Å². The highest BCUT2D eigenvalue weighted by Gasteiger charge is 2.28. The first-order chi connectivity index (χ1) is 11.6. The highest BCUT2D eigenvalue weighted by Crippen LogP contribution is 2.20. The molecule has 0 aromatic heterocycles. The van der Waals surface area contributed by atoms with Gasteiger partial charge in [-0.25, -0.2) is 4.79 Å². The average molecular weight is 331 g/mol. The van der Waals surface area contributed by atoms with Crippen LogP contribution in [0.25, 0.3) is 0 Å². The molecule has 130 valence electrons. The molecule has 1 aromatic rings. The normalized spacial score (nSPS) is 21.7. The Morgan fingerprint density at radius 1 is 1.25 bits per heavy atom. The summed E-state index contributed by atoms with van der Waals surface area (Å²) in [5.74, 6) is 0.523. The van der Waals surface area contributed by atoms with Crippen LogP contribution in [0.2, 0.25) is 0 Å². The summed E-state index contributed by atoms with van der Waals surface area (Å²) >= 11 is 0. The minimum absolute atomic E-state index is 0.00199. The highest BCUT2D eigenvalue weighted by atomic mass is 16.5. The van der Waals surface area contributed by atoms with Gasteiger partial charge in [0.1, 0.15) is 0 Å². The van der Waals surface area contributed by atoms with Crippen molar-refractivity contribution in [2.24, 2.45) is 5.92 Å². The van der Waals surface area contributed by atoms with E-state index in [9.17, 15) is 9.59 Å². The van der Waals surface area contributed by atoms with Crippen LogP contribution >= 0.6 is 0 Å². The Hall–Kier alpha value is -1.92. The molecule has 0 spiro atoms. The summed E-state index contributed by atoms with van der Waals surface area (Å²) in [5.41, 5.74) is 1.28. The quantitative estimate of drug-likeness (QED) is 0.858. The second-order valence-electron chi connectivity index (χ2n) is 6.58. The first-order valence-corrected chi connectivity index (χ1v) is 8.59. The number of hydrogen-bond acceptors (Lipinski definition) is 4. The topological polar surface area (TPSA) is 61.9 Å². The largest absolute Gasteiger partial charge is 0.379 e. The lowest BCUT2D eigenvalue weighted by atomic mass is 10.1. The molecule has 1 unspecified atom stereocenters. The number of rotatable bonds is 4. The van der Waals surface area contributed by atoms with Gasteiger partial charge in [-0.15, -0.1) is 0 Å². The molecule has 1 aromatic carbocycles. The number of amides is 2. The molecular weight excluding hydrogens is 306 g/mol. The molecule has 1 N–H and O–H groups in total. The SMILES string of the molecule is CC(=O)c1cccc(NC(=O)N2CCC(CN3CCOCC3)C2)c1. The van der Waals surface area contributed by atoms with Crippen molar-refractivity contribution < 1.29 is 14.3 Å². The van der Waals surface area contributed by atoms with Crippen LogP contribution in [-0.2, 0) is 4.74 Å². The number of urea groups is 1. The van der Waals surface area contributed by atoms with Crippen LogP contribution in [0.4, 0.5) is 10.5 Å². The molecule has 1 atom stereocenters.